The van der Waals surface area contributed by atoms with E-state index < -0.39 is 11.6 Å². The summed E-state index contributed by atoms with van der Waals surface area (Å²) in [6.07, 6.45) is 0. The monoisotopic (exact) mass is 339 g/mol. The number of morpholine rings is 1. The summed E-state index contributed by atoms with van der Waals surface area (Å²) < 4.78 is 15.6. The number of halogens is 1. The largest absolute Gasteiger partial charge is 0.461 e. The van der Waals surface area contributed by atoms with Crippen molar-refractivity contribution in [2.45, 2.75) is 0 Å². The molecule has 6 nitrogen and oxygen atoms in total. The van der Waals surface area contributed by atoms with Crippen molar-refractivity contribution in [1.29, 1.82) is 0 Å². The number of nitrogens with zero attached hydrogens (tertiary/aromatic N) is 1. The Labute approximate surface area is 139 Å². The van der Waals surface area contributed by atoms with E-state index in [1.54, 1.807) is 18.2 Å². The minimum atomic E-state index is -0.671. The second kappa shape index (κ2) is 8.10. The Hall–Kier alpha value is -1.89. The highest BCUT2D eigenvalue weighted by Gasteiger charge is 2.16. The van der Waals surface area contributed by atoms with Crippen LogP contribution in [0.4, 0.5) is 0 Å². The van der Waals surface area contributed by atoms with E-state index in [9.17, 15) is 9.59 Å². The molecular formula is C16H18ClNO5. The Balaban J connectivity index is 0.00000192. The van der Waals surface area contributed by atoms with Crippen molar-refractivity contribution >= 4 is 29.3 Å². The van der Waals surface area contributed by atoms with Crippen LogP contribution in [-0.2, 0) is 9.47 Å². The van der Waals surface area contributed by atoms with Gasteiger partial charge in [0.1, 0.15) is 17.8 Å². The molecule has 0 bridgehead atoms. The number of hydrogen-bond acceptors (Lipinski definition) is 6. The maximum Gasteiger partial charge on any atom is 0.351 e. The molecule has 124 valence electrons. The summed E-state index contributed by atoms with van der Waals surface area (Å²) in [6.45, 7) is 3.93. The normalized spacial score (nSPS) is 15.1. The molecule has 3 rings (SSSR count). The van der Waals surface area contributed by atoms with Gasteiger partial charge in [0, 0.05) is 25.0 Å². The maximum atomic E-state index is 12.0. The van der Waals surface area contributed by atoms with E-state index in [4.69, 9.17) is 13.9 Å². The lowest BCUT2D eigenvalue weighted by molar-refractivity contribution is 0.0194. The molecule has 1 saturated heterocycles. The SMILES string of the molecule is Cl.O=C(OCCN1CCOCC1)c1cc2ccccc2oc1=O. The molecule has 0 amide bonds. The zero-order valence-corrected chi connectivity index (χ0v) is 13.3. The third kappa shape index (κ3) is 4.31. The molecule has 1 aromatic heterocycles. The summed E-state index contributed by atoms with van der Waals surface area (Å²) in [5, 5.41) is 0.697. The van der Waals surface area contributed by atoms with Crippen LogP contribution in [0.25, 0.3) is 11.0 Å². The van der Waals surface area contributed by atoms with Crippen LogP contribution in [0.5, 0.6) is 0 Å². The lowest BCUT2D eigenvalue weighted by atomic mass is 10.2. The van der Waals surface area contributed by atoms with Crippen LogP contribution in [0.2, 0.25) is 0 Å². The number of esters is 1. The van der Waals surface area contributed by atoms with Crippen molar-refractivity contribution in [3.8, 4) is 0 Å². The first-order valence-electron chi connectivity index (χ1n) is 7.24. The van der Waals surface area contributed by atoms with Crippen LogP contribution in [0, 0.1) is 0 Å². The number of para-hydroxylation sites is 1. The average molecular weight is 340 g/mol. The van der Waals surface area contributed by atoms with Crippen molar-refractivity contribution in [3.63, 3.8) is 0 Å². The molecule has 1 aliphatic heterocycles. The highest BCUT2D eigenvalue weighted by molar-refractivity contribution is 5.92. The Kier molecular flexibility index (Phi) is 6.15. The van der Waals surface area contributed by atoms with Gasteiger partial charge in [-0.1, -0.05) is 18.2 Å². The summed E-state index contributed by atoms with van der Waals surface area (Å²) in [5.41, 5.74) is -0.284. The zero-order chi connectivity index (χ0) is 15.4. The van der Waals surface area contributed by atoms with Crippen LogP contribution in [-0.4, -0.2) is 50.3 Å². The van der Waals surface area contributed by atoms with E-state index >= 15 is 0 Å². The van der Waals surface area contributed by atoms with Crippen LogP contribution < -0.4 is 5.63 Å². The molecule has 0 N–H and O–H groups in total. The van der Waals surface area contributed by atoms with Gasteiger partial charge in [0.05, 0.1) is 13.2 Å². The topological polar surface area (TPSA) is 69.0 Å². The van der Waals surface area contributed by atoms with Crippen molar-refractivity contribution in [1.82, 2.24) is 4.90 Å². The fourth-order valence-corrected chi connectivity index (χ4v) is 2.37. The molecule has 0 atom stereocenters. The van der Waals surface area contributed by atoms with E-state index in [1.165, 1.54) is 6.07 Å². The summed E-state index contributed by atoms with van der Waals surface area (Å²) in [5.74, 6) is -0.646. The molecular weight excluding hydrogens is 322 g/mol. The molecule has 0 spiro atoms. The van der Waals surface area contributed by atoms with Gasteiger partial charge < -0.3 is 13.9 Å². The van der Waals surface area contributed by atoms with E-state index in [2.05, 4.69) is 4.90 Å². The molecule has 0 aliphatic carbocycles. The van der Waals surface area contributed by atoms with Gasteiger partial charge in [-0.15, -0.1) is 12.4 Å². The number of ether oxygens (including phenoxy) is 2. The standard InChI is InChI=1S/C16H17NO5.ClH/c18-15(21-10-7-17-5-8-20-9-6-17)13-11-12-3-1-2-4-14(12)22-16(13)19;/h1-4,11H,5-10H2;1H. The summed E-state index contributed by atoms with van der Waals surface area (Å²) in [6, 6.07) is 8.56. The van der Waals surface area contributed by atoms with E-state index in [0.717, 1.165) is 13.1 Å². The van der Waals surface area contributed by atoms with E-state index in [-0.39, 0.29) is 24.6 Å². The number of carbonyl (C=O) groups excluding carboxylic acids is 1. The molecule has 1 fully saturated rings. The quantitative estimate of drug-likeness (QED) is 0.624. The fourth-order valence-electron chi connectivity index (χ4n) is 2.37. The maximum absolute atomic E-state index is 12.0. The highest BCUT2D eigenvalue weighted by Crippen LogP contribution is 2.13. The summed E-state index contributed by atoms with van der Waals surface area (Å²) in [4.78, 5) is 26.0. The number of fused-ring (bicyclic) bond motifs is 1. The van der Waals surface area contributed by atoms with Crippen LogP contribution >= 0.6 is 12.4 Å². The fraction of sp³-hybridized carbons (Fsp3) is 0.375. The van der Waals surface area contributed by atoms with Crippen molar-refractivity contribution in [3.05, 3.63) is 46.3 Å². The van der Waals surface area contributed by atoms with Gasteiger partial charge >= 0.3 is 11.6 Å². The number of rotatable bonds is 4. The Morgan fingerprint density at radius 2 is 1.96 bits per heavy atom. The average Bonchev–Trinajstić information content (AvgIpc) is 2.55. The van der Waals surface area contributed by atoms with Crippen molar-refractivity contribution < 1.29 is 18.7 Å². The molecule has 7 heteroatoms. The second-order valence-corrected chi connectivity index (χ2v) is 5.08. The molecule has 0 radical (unpaired) electrons. The molecule has 1 aliphatic rings. The lowest BCUT2D eigenvalue weighted by Gasteiger charge is -2.26. The Morgan fingerprint density at radius 3 is 2.74 bits per heavy atom. The minimum Gasteiger partial charge on any atom is -0.461 e. The van der Waals surface area contributed by atoms with Gasteiger partial charge in [-0.05, 0) is 12.1 Å². The first kappa shape index (κ1) is 17.5. The molecule has 0 saturated carbocycles. The highest BCUT2D eigenvalue weighted by atomic mass is 35.5. The zero-order valence-electron chi connectivity index (χ0n) is 12.5. The second-order valence-electron chi connectivity index (χ2n) is 5.08. The summed E-state index contributed by atoms with van der Waals surface area (Å²) >= 11 is 0. The van der Waals surface area contributed by atoms with Gasteiger partial charge in [-0.25, -0.2) is 9.59 Å². The van der Waals surface area contributed by atoms with Crippen molar-refractivity contribution in [2.75, 3.05) is 39.5 Å². The van der Waals surface area contributed by atoms with Gasteiger partial charge in [0.15, 0.2) is 0 Å². The van der Waals surface area contributed by atoms with Gasteiger partial charge in [0.25, 0.3) is 0 Å². The predicted octanol–water partition coefficient (Wildman–Crippen LogP) is 1.70. The Bertz CT molecular complexity index is 724. The Morgan fingerprint density at radius 1 is 1.22 bits per heavy atom. The predicted molar refractivity (Wildman–Crippen MR) is 87.3 cm³/mol. The summed E-state index contributed by atoms with van der Waals surface area (Å²) in [7, 11) is 0. The molecule has 2 aromatic rings. The number of benzene rings is 1. The molecule has 2 heterocycles. The van der Waals surface area contributed by atoms with Crippen LogP contribution in [0.1, 0.15) is 10.4 Å². The smallest absolute Gasteiger partial charge is 0.351 e. The van der Waals surface area contributed by atoms with E-state index in [1.807, 2.05) is 6.07 Å². The molecule has 1 aromatic carbocycles. The minimum absolute atomic E-state index is 0. The van der Waals surface area contributed by atoms with Gasteiger partial charge in [0.2, 0.25) is 0 Å². The number of carbonyl (C=O) groups is 1. The van der Waals surface area contributed by atoms with Gasteiger partial charge in [-0.2, -0.15) is 0 Å². The van der Waals surface area contributed by atoms with Crippen molar-refractivity contribution in [2.24, 2.45) is 0 Å². The molecule has 0 unspecified atom stereocenters. The third-order valence-electron chi connectivity index (χ3n) is 3.61. The lowest BCUT2D eigenvalue weighted by Crippen LogP contribution is -2.38. The first-order valence-corrected chi connectivity index (χ1v) is 7.24. The number of hydrogen-bond donors (Lipinski definition) is 0. The van der Waals surface area contributed by atoms with Crippen LogP contribution in [0.15, 0.2) is 39.5 Å². The molecule has 23 heavy (non-hydrogen) atoms. The van der Waals surface area contributed by atoms with E-state index in [0.29, 0.717) is 30.7 Å². The third-order valence-corrected chi connectivity index (χ3v) is 3.61. The first-order chi connectivity index (χ1) is 10.7. The van der Waals surface area contributed by atoms with Crippen LogP contribution in [0.3, 0.4) is 0 Å². The van der Waals surface area contributed by atoms with Gasteiger partial charge in [-0.3, -0.25) is 4.90 Å².